The number of ether oxygens (including phenoxy) is 1. The van der Waals surface area contributed by atoms with Gasteiger partial charge in [0.15, 0.2) is 9.84 Å². The third-order valence-electron chi connectivity index (χ3n) is 3.82. The van der Waals surface area contributed by atoms with Gasteiger partial charge >= 0.3 is 5.97 Å². The van der Waals surface area contributed by atoms with Gasteiger partial charge in [-0.2, -0.15) is 0 Å². The van der Waals surface area contributed by atoms with E-state index < -0.39 is 15.8 Å². The lowest BCUT2D eigenvalue weighted by Crippen LogP contribution is -2.32. The van der Waals surface area contributed by atoms with Gasteiger partial charge in [0.05, 0.1) is 24.2 Å². The summed E-state index contributed by atoms with van der Waals surface area (Å²) in [6.45, 7) is 0.454. The summed E-state index contributed by atoms with van der Waals surface area (Å²) in [5.41, 5.74) is 7.32. The number of sulfone groups is 1. The van der Waals surface area contributed by atoms with Crippen molar-refractivity contribution in [3.8, 4) is 0 Å². The fourth-order valence-corrected chi connectivity index (χ4v) is 4.43. The van der Waals surface area contributed by atoms with E-state index in [-0.39, 0.29) is 17.5 Å². The van der Waals surface area contributed by atoms with Gasteiger partial charge in [-0.1, -0.05) is 12.1 Å². The number of carbonyl (C=O) groups is 1. The van der Waals surface area contributed by atoms with Crippen LogP contribution in [0.15, 0.2) is 18.2 Å². The first kappa shape index (κ1) is 15.8. The van der Waals surface area contributed by atoms with Gasteiger partial charge in [0.25, 0.3) is 0 Å². The molecule has 2 N–H and O–H groups in total. The highest BCUT2D eigenvalue weighted by Gasteiger charge is 2.31. The second kappa shape index (κ2) is 6.03. The summed E-state index contributed by atoms with van der Waals surface area (Å²) >= 11 is 0. The van der Waals surface area contributed by atoms with Crippen LogP contribution in [-0.4, -0.2) is 51.0 Å². The van der Waals surface area contributed by atoms with Gasteiger partial charge < -0.3 is 10.5 Å². The normalized spacial score (nSPS) is 20.6. The number of hydrogen-bond donors (Lipinski definition) is 1. The van der Waals surface area contributed by atoms with Crippen molar-refractivity contribution in [3.63, 3.8) is 0 Å². The number of methoxy groups -OCH3 is 1. The first-order chi connectivity index (χ1) is 9.84. The van der Waals surface area contributed by atoms with E-state index in [1.807, 2.05) is 18.0 Å². The molecule has 1 aromatic carbocycles. The molecule has 0 radical (unpaired) electrons. The lowest BCUT2D eigenvalue weighted by molar-refractivity contribution is 0.0599. The van der Waals surface area contributed by atoms with Crippen LogP contribution in [0.2, 0.25) is 0 Å². The Kier molecular flexibility index (Phi) is 4.53. The first-order valence-electron chi connectivity index (χ1n) is 6.70. The smallest absolute Gasteiger partial charge is 0.340 e. The fourth-order valence-electron chi connectivity index (χ4n) is 2.62. The molecule has 6 nitrogen and oxygen atoms in total. The van der Waals surface area contributed by atoms with Gasteiger partial charge in [0.1, 0.15) is 0 Å². The monoisotopic (exact) mass is 312 g/mol. The van der Waals surface area contributed by atoms with E-state index >= 15 is 0 Å². The number of rotatable bonds is 4. The molecule has 2 rings (SSSR count). The average molecular weight is 312 g/mol. The Morgan fingerprint density at radius 3 is 2.76 bits per heavy atom. The maximum atomic E-state index is 11.8. The van der Waals surface area contributed by atoms with Gasteiger partial charge in [0, 0.05) is 18.3 Å². The molecule has 116 valence electrons. The number of anilines is 1. The SMILES string of the molecule is COC(=O)c1c(N)cccc1CN(C)C1CCS(=O)(=O)C1. The minimum absolute atomic E-state index is 0.0260. The molecule has 1 unspecified atom stereocenters. The maximum absolute atomic E-state index is 11.8. The third-order valence-corrected chi connectivity index (χ3v) is 5.57. The van der Waals surface area contributed by atoms with Crippen molar-refractivity contribution in [2.75, 3.05) is 31.4 Å². The molecule has 0 spiro atoms. The zero-order valence-electron chi connectivity index (χ0n) is 12.2. The minimum atomic E-state index is -2.93. The zero-order chi connectivity index (χ0) is 15.6. The number of benzene rings is 1. The van der Waals surface area contributed by atoms with Gasteiger partial charge in [-0.15, -0.1) is 0 Å². The highest BCUT2D eigenvalue weighted by atomic mass is 32.2. The minimum Gasteiger partial charge on any atom is -0.465 e. The van der Waals surface area contributed by atoms with E-state index in [1.165, 1.54) is 7.11 Å². The van der Waals surface area contributed by atoms with E-state index in [2.05, 4.69) is 0 Å². The number of hydrogen-bond acceptors (Lipinski definition) is 6. The third kappa shape index (κ3) is 3.54. The largest absolute Gasteiger partial charge is 0.465 e. The summed E-state index contributed by atoms with van der Waals surface area (Å²) < 4.78 is 27.9. The zero-order valence-corrected chi connectivity index (χ0v) is 13.0. The molecular formula is C14H20N2O4S. The molecule has 0 aromatic heterocycles. The topological polar surface area (TPSA) is 89.7 Å². The summed E-state index contributed by atoms with van der Waals surface area (Å²) in [5, 5.41) is 0. The lowest BCUT2D eigenvalue weighted by atomic mass is 10.0. The number of carbonyl (C=O) groups excluding carboxylic acids is 1. The van der Waals surface area contributed by atoms with Crippen LogP contribution >= 0.6 is 0 Å². The Balaban J connectivity index is 2.20. The molecule has 0 amide bonds. The summed E-state index contributed by atoms with van der Waals surface area (Å²) in [6, 6.07) is 5.20. The van der Waals surface area contributed by atoms with Crippen molar-refractivity contribution < 1.29 is 17.9 Å². The Hall–Kier alpha value is -1.60. The molecule has 0 saturated carbocycles. The molecule has 1 fully saturated rings. The van der Waals surface area contributed by atoms with E-state index in [0.717, 1.165) is 5.56 Å². The Labute approximate surface area is 124 Å². The average Bonchev–Trinajstić information content (AvgIpc) is 2.78. The Morgan fingerprint density at radius 2 is 2.19 bits per heavy atom. The van der Waals surface area contributed by atoms with Crippen molar-refractivity contribution in [2.45, 2.75) is 19.0 Å². The molecule has 21 heavy (non-hydrogen) atoms. The predicted octanol–water partition coefficient (Wildman–Crippen LogP) is 0.674. The maximum Gasteiger partial charge on any atom is 0.340 e. The van der Waals surface area contributed by atoms with Crippen molar-refractivity contribution in [1.29, 1.82) is 0 Å². The first-order valence-corrected chi connectivity index (χ1v) is 8.52. The second-order valence-electron chi connectivity index (χ2n) is 5.34. The molecular weight excluding hydrogens is 292 g/mol. The second-order valence-corrected chi connectivity index (χ2v) is 7.57. The fraction of sp³-hybridized carbons (Fsp3) is 0.500. The van der Waals surface area contributed by atoms with Gasteiger partial charge in [-0.3, -0.25) is 4.90 Å². The quantitative estimate of drug-likeness (QED) is 0.649. The van der Waals surface area contributed by atoms with Gasteiger partial charge in [-0.05, 0) is 25.1 Å². The van der Waals surface area contributed by atoms with Crippen molar-refractivity contribution in [1.82, 2.24) is 4.90 Å². The van der Waals surface area contributed by atoms with E-state index in [1.54, 1.807) is 12.1 Å². The number of nitrogen functional groups attached to an aromatic ring is 1. The summed E-state index contributed by atoms with van der Waals surface area (Å²) in [5.74, 6) is -0.0853. The van der Waals surface area contributed by atoms with Crippen LogP contribution in [0.4, 0.5) is 5.69 Å². The van der Waals surface area contributed by atoms with E-state index in [9.17, 15) is 13.2 Å². The van der Waals surface area contributed by atoms with Crippen molar-refractivity contribution >= 4 is 21.5 Å². The van der Waals surface area contributed by atoms with Crippen LogP contribution in [0.1, 0.15) is 22.3 Å². The Bertz CT molecular complexity index is 642. The molecule has 0 aliphatic carbocycles. The summed E-state index contributed by atoms with van der Waals surface area (Å²) in [4.78, 5) is 13.8. The van der Waals surface area contributed by atoms with Gasteiger partial charge in [0.2, 0.25) is 0 Å². The van der Waals surface area contributed by atoms with E-state index in [4.69, 9.17) is 10.5 Å². The van der Waals surface area contributed by atoms with Gasteiger partial charge in [-0.25, -0.2) is 13.2 Å². The van der Waals surface area contributed by atoms with E-state index in [0.29, 0.717) is 24.2 Å². The van der Waals surface area contributed by atoms with Crippen LogP contribution < -0.4 is 5.73 Å². The molecule has 1 saturated heterocycles. The summed E-state index contributed by atoms with van der Waals surface area (Å²) in [6.07, 6.45) is 0.620. The number of esters is 1. The van der Waals surface area contributed by atoms with Crippen LogP contribution in [0, 0.1) is 0 Å². The molecule has 0 bridgehead atoms. The van der Waals surface area contributed by atoms with Crippen LogP contribution in [0.25, 0.3) is 0 Å². The van der Waals surface area contributed by atoms with Crippen molar-refractivity contribution in [3.05, 3.63) is 29.3 Å². The van der Waals surface area contributed by atoms with Crippen LogP contribution in [0.3, 0.4) is 0 Å². The molecule has 7 heteroatoms. The molecule has 1 aliphatic heterocycles. The molecule has 1 aromatic rings. The molecule has 1 atom stereocenters. The Morgan fingerprint density at radius 1 is 1.48 bits per heavy atom. The van der Waals surface area contributed by atoms with Crippen molar-refractivity contribution in [2.24, 2.45) is 0 Å². The summed E-state index contributed by atoms with van der Waals surface area (Å²) in [7, 11) is 0.238. The lowest BCUT2D eigenvalue weighted by Gasteiger charge is -2.24. The van der Waals surface area contributed by atoms with Crippen LogP contribution in [-0.2, 0) is 21.1 Å². The predicted molar refractivity (Wildman–Crippen MR) is 80.7 cm³/mol. The molecule has 1 heterocycles. The van der Waals surface area contributed by atoms with Crippen LogP contribution in [0.5, 0.6) is 0 Å². The highest BCUT2D eigenvalue weighted by Crippen LogP contribution is 2.23. The highest BCUT2D eigenvalue weighted by molar-refractivity contribution is 7.91. The number of nitrogens with two attached hydrogens (primary N) is 1. The standard InChI is InChI=1S/C14H20N2O4S/c1-16(11-6-7-21(18,19)9-11)8-10-4-3-5-12(15)13(10)14(17)20-2/h3-5,11H,6-9,15H2,1-2H3. The molecule has 1 aliphatic rings. The number of nitrogens with zero attached hydrogens (tertiary/aromatic N) is 1.